The molecule has 0 saturated carbocycles. The van der Waals surface area contributed by atoms with Crippen molar-refractivity contribution in [1.82, 2.24) is 0 Å². The number of aryl methyl sites for hydroxylation is 1. The maximum Gasteiger partial charge on any atom is 0.273 e. The lowest BCUT2D eigenvalue weighted by atomic mass is 10.2. The summed E-state index contributed by atoms with van der Waals surface area (Å²) >= 11 is 0. The van der Waals surface area contributed by atoms with E-state index in [0.717, 1.165) is 5.56 Å². The van der Waals surface area contributed by atoms with Gasteiger partial charge in [0.2, 0.25) is 0 Å². The highest BCUT2D eigenvalue weighted by molar-refractivity contribution is 5.48. The summed E-state index contributed by atoms with van der Waals surface area (Å²) in [6.07, 6.45) is 0. The van der Waals surface area contributed by atoms with Gasteiger partial charge in [-0.15, -0.1) is 0 Å². The first-order chi connectivity index (χ1) is 9.60. The number of non-ortho nitro benzene ring substituents is 1. The van der Waals surface area contributed by atoms with Gasteiger partial charge in [0, 0.05) is 6.07 Å². The zero-order valence-corrected chi connectivity index (χ0v) is 11.3. The lowest BCUT2D eigenvalue weighted by molar-refractivity contribution is -0.385. The van der Waals surface area contributed by atoms with E-state index in [1.165, 1.54) is 30.9 Å². The van der Waals surface area contributed by atoms with E-state index in [1.54, 1.807) is 0 Å². The number of methoxy groups -OCH3 is 1. The first kappa shape index (κ1) is 13.9. The summed E-state index contributed by atoms with van der Waals surface area (Å²) in [5.74, 6) is 0.838. The Labute approximate surface area is 116 Å². The van der Waals surface area contributed by atoms with Crippen molar-refractivity contribution in [3.8, 4) is 11.5 Å². The Morgan fingerprint density at radius 2 is 1.80 bits per heavy atom. The lowest BCUT2D eigenvalue weighted by Crippen LogP contribution is -1.99. The molecule has 20 heavy (non-hydrogen) atoms. The van der Waals surface area contributed by atoms with Crippen LogP contribution >= 0.6 is 0 Å². The fourth-order valence-electron chi connectivity index (χ4n) is 1.74. The Morgan fingerprint density at radius 3 is 2.40 bits per heavy atom. The van der Waals surface area contributed by atoms with Gasteiger partial charge in [-0.3, -0.25) is 10.1 Å². The van der Waals surface area contributed by atoms with Crippen LogP contribution in [0.1, 0.15) is 11.1 Å². The summed E-state index contributed by atoms with van der Waals surface area (Å²) in [5, 5.41) is 10.8. The van der Waals surface area contributed by atoms with Crippen molar-refractivity contribution >= 4 is 5.69 Å². The van der Waals surface area contributed by atoms with Gasteiger partial charge >= 0.3 is 0 Å². The SMILES string of the molecule is COc1ccc([N+](=O)[O-])cc1OCc1ccc(C)cc1. The summed E-state index contributed by atoms with van der Waals surface area (Å²) in [4.78, 5) is 10.3. The van der Waals surface area contributed by atoms with Crippen molar-refractivity contribution in [3.05, 3.63) is 63.7 Å². The van der Waals surface area contributed by atoms with Crippen molar-refractivity contribution in [3.63, 3.8) is 0 Å². The molecule has 0 aliphatic heterocycles. The minimum atomic E-state index is -0.460. The highest BCUT2D eigenvalue weighted by Crippen LogP contribution is 2.31. The van der Waals surface area contributed by atoms with Crippen LogP contribution < -0.4 is 9.47 Å². The van der Waals surface area contributed by atoms with E-state index in [-0.39, 0.29) is 5.69 Å². The van der Waals surface area contributed by atoms with Crippen LogP contribution in [-0.2, 0) is 6.61 Å². The number of benzene rings is 2. The molecule has 0 amide bonds. The summed E-state index contributed by atoms with van der Waals surface area (Å²) in [5.41, 5.74) is 2.13. The molecule has 0 unspecified atom stereocenters. The standard InChI is InChI=1S/C15H15NO4/c1-11-3-5-12(6-4-11)10-20-15-9-13(16(17)18)7-8-14(15)19-2/h3-9H,10H2,1-2H3. The monoisotopic (exact) mass is 273 g/mol. The second kappa shape index (κ2) is 6.06. The number of rotatable bonds is 5. The number of ether oxygens (including phenoxy) is 2. The number of nitrogens with zero attached hydrogens (tertiary/aromatic N) is 1. The highest BCUT2D eigenvalue weighted by Gasteiger charge is 2.12. The van der Waals surface area contributed by atoms with Gasteiger partial charge < -0.3 is 9.47 Å². The third-order valence-corrected chi connectivity index (χ3v) is 2.87. The van der Waals surface area contributed by atoms with E-state index in [2.05, 4.69) is 0 Å². The predicted octanol–water partition coefficient (Wildman–Crippen LogP) is 3.49. The van der Waals surface area contributed by atoms with Crippen LogP contribution in [0.5, 0.6) is 11.5 Å². The molecular weight excluding hydrogens is 258 g/mol. The van der Waals surface area contributed by atoms with Gasteiger partial charge in [-0.25, -0.2) is 0 Å². The van der Waals surface area contributed by atoms with Crippen molar-refractivity contribution in [2.45, 2.75) is 13.5 Å². The predicted molar refractivity (Wildman–Crippen MR) is 75.2 cm³/mol. The molecule has 0 fully saturated rings. The highest BCUT2D eigenvalue weighted by atomic mass is 16.6. The first-order valence-corrected chi connectivity index (χ1v) is 6.11. The molecule has 0 bridgehead atoms. The van der Waals surface area contributed by atoms with Crippen molar-refractivity contribution in [2.24, 2.45) is 0 Å². The van der Waals surface area contributed by atoms with Crippen molar-refractivity contribution in [2.75, 3.05) is 7.11 Å². The molecular formula is C15H15NO4. The van der Waals surface area contributed by atoms with Crippen LogP contribution in [0.3, 0.4) is 0 Å². The maximum atomic E-state index is 10.8. The van der Waals surface area contributed by atoms with Crippen LogP contribution in [0.15, 0.2) is 42.5 Å². The zero-order valence-electron chi connectivity index (χ0n) is 11.3. The number of hydrogen-bond acceptors (Lipinski definition) is 4. The van der Waals surface area contributed by atoms with Crippen LogP contribution in [-0.4, -0.2) is 12.0 Å². The fourth-order valence-corrected chi connectivity index (χ4v) is 1.74. The quantitative estimate of drug-likeness (QED) is 0.618. The minimum absolute atomic E-state index is 0.0234. The third kappa shape index (κ3) is 3.26. The fraction of sp³-hybridized carbons (Fsp3) is 0.200. The van der Waals surface area contributed by atoms with E-state index in [0.29, 0.717) is 18.1 Å². The summed E-state index contributed by atoms with van der Waals surface area (Å²) in [7, 11) is 1.50. The molecule has 0 heterocycles. The molecule has 0 saturated heterocycles. The van der Waals surface area contributed by atoms with E-state index in [4.69, 9.17) is 9.47 Å². The van der Waals surface area contributed by atoms with Gasteiger partial charge in [0.15, 0.2) is 11.5 Å². The molecule has 0 aromatic heterocycles. The Bertz CT molecular complexity index is 608. The topological polar surface area (TPSA) is 61.6 Å². The second-order valence-electron chi connectivity index (χ2n) is 4.37. The van der Waals surface area contributed by atoms with Crippen LogP contribution in [0.2, 0.25) is 0 Å². The molecule has 0 atom stereocenters. The van der Waals surface area contributed by atoms with E-state index in [1.807, 2.05) is 31.2 Å². The van der Waals surface area contributed by atoms with E-state index < -0.39 is 4.92 Å². The van der Waals surface area contributed by atoms with Gasteiger partial charge in [0.05, 0.1) is 18.1 Å². The Morgan fingerprint density at radius 1 is 1.10 bits per heavy atom. The third-order valence-electron chi connectivity index (χ3n) is 2.87. The van der Waals surface area contributed by atoms with Gasteiger partial charge in [0.1, 0.15) is 6.61 Å². The molecule has 0 aliphatic rings. The number of nitro benzene ring substituents is 1. The molecule has 2 rings (SSSR count). The summed E-state index contributed by atoms with van der Waals surface area (Å²) in [6.45, 7) is 2.34. The van der Waals surface area contributed by atoms with Crippen LogP contribution in [0.4, 0.5) is 5.69 Å². The Balaban J connectivity index is 2.16. The van der Waals surface area contributed by atoms with E-state index in [9.17, 15) is 10.1 Å². The van der Waals surface area contributed by atoms with Gasteiger partial charge in [0.25, 0.3) is 5.69 Å². The first-order valence-electron chi connectivity index (χ1n) is 6.11. The average Bonchev–Trinajstić information content (AvgIpc) is 2.46. The summed E-state index contributed by atoms with van der Waals surface area (Å²) in [6, 6.07) is 12.2. The molecule has 104 valence electrons. The normalized spacial score (nSPS) is 10.1. The van der Waals surface area contributed by atoms with Crippen molar-refractivity contribution in [1.29, 1.82) is 0 Å². The number of hydrogen-bond donors (Lipinski definition) is 0. The summed E-state index contributed by atoms with van der Waals surface area (Å²) < 4.78 is 10.8. The molecule has 0 spiro atoms. The smallest absolute Gasteiger partial charge is 0.273 e. The molecule has 5 heteroatoms. The maximum absolute atomic E-state index is 10.8. The molecule has 0 radical (unpaired) electrons. The molecule has 0 aliphatic carbocycles. The molecule has 5 nitrogen and oxygen atoms in total. The van der Waals surface area contributed by atoms with Crippen molar-refractivity contribution < 1.29 is 14.4 Å². The average molecular weight is 273 g/mol. The second-order valence-corrected chi connectivity index (χ2v) is 4.37. The molecule has 2 aromatic carbocycles. The van der Waals surface area contributed by atoms with Gasteiger partial charge in [-0.2, -0.15) is 0 Å². The molecule has 2 aromatic rings. The van der Waals surface area contributed by atoms with Crippen LogP contribution in [0, 0.1) is 17.0 Å². The lowest BCUT2D eigenvalue weighted by Gasteiger charge is -2.10. The van der Waals surface area contributed by atoms with Gasteiger partial charge in [-0.1, -0.05) is 29.8 Å². The van der Waals surface area contributed by atoms with Gasteiger partial charge in [-0.05, 0) is 18.6 Å². The van der Waals surface area contributed by atoms with Crippen LogP contribution in [0.25, 0.3) is 0 Å². The Hall–Kier alpha value is -2.56. The number of nitro groups is 1. The minimum Gasteiger partial charge on any atom is -0.493 e. The van der Waals surface area contributed by atoms with E-state index >= 15 is 0 Å². The molecule has 0 N–H and O–H groups in total. The largest absolute Gasteiger partial charge is 0.493 e. The zero-order chi connectivity index (χ0) is 14.5. The Kier molecular flexibility index (Phi) is 4.20.